The maximum absolute atomic E-state index is 12.6. The number of amides is 1. The van der Waals surface area contributed by atoms with Crippen LogP contribution in [0.15, 0.2) is 29.2 Å². The number of rotatable bonds is 10. The number of benzene rings is 1. The lowest BCUT2D eigenvalue weighted by Gasteiger charge is -2.27. The molecule has 0 spiro atoms. The number of carbonyl (C=O) groups is 1. The van der Waals surface area contributed by atoms with Crippen molar-refractivity contribution in [2.24, 2.45) is 0 Å². The van der Waals surface area contributed by atoms with E-state index in [-0.39, 0.29) is 10.8 Å². The SMILES string of the molecule is CCN(CC)S(=O)(=O)c1cccc(C(=O)NCC[NH+](C(C)C)C(C)C)c1. The standard InChI is InChI=1S/C19H33N3O3S/c1-7-21(8-2)26(24,25)18-11-9-10-17(14-18)19(23)20-12-13-22(15(3)4)16(5)6/h9-11,14-16H,7-8,12-13H2,1-6H3,(H,20,23)/p+1. The molecule has 1 rings (SSSR count). The highest BCUT2D eigenvalue weighted by molar-refractivity contribution is 7.89. The zero-order valence-corrected chi connectivity index (χ0v) is 17.7. The molecule has 6 nitrogen and oxygen atoms in total. The molecule has 2 N–H and O–H groups in total. The molecule has 0 unspecified atom stereocenters. The second kappa shape index (κ2) is 10.0. The number of sulfonamides is 1. The number of carbonyl (C=O) groups excluding carboxylic acids is 1. The average Bonchev–Trinajstić information content (AvgIpc) is 2.58. The summed E-state index contributed by atoms with van der Waals surface area (Å²) in [4.78, 5) is 14.0. The normalized spacial score (nSPS) is 12.4. The van der Waals surface area contributed by atoms with Crippen LogP contribution in [0.25, 0.3) is 0 Å². The third kappa shape index (κ3) is 5.79. The van der Waals surface area contributed by atoms with E-state index < -0.39 is 10.0 Å². The third-order valence-electron chi connectivity index (χ3n) is 4.62. The van der Waals surface area contributed by atoms with Gasteiger partial charge in [0.2, 0.25) is 10.0 Å². The van der Waals surface area contributed by atoms with Gasteiger partial charge < -0.3 is 10.2 Å². The Bertz CT molecular complexity index is 675. The van der Waals surface area contributed by atoms with Crippen molar-refractivity contribution in [3.05, 3.63) is 29.8 Å². The van der Waals surface area contributed by atoms with E-state index in [0.717, 1.165) is 6.54 Å². The molecule has 1 aromatic carbocycles. The van der Waals surface area contributed by atoms with Gasteiger partial charge in [0.15, 0.2) is 0 Å². The van der Waals surface area contributed by atoms with Gasteiger partial charge in [-0.3, -0.25) is 4.79 Å². The van der Waals surface area contributed by atoms with Crippen molar-refractivity contribution in [2.75, 3.05) is 26.2 Å². The van der Waals surface area contributed by atoms with Gasteiger partial charge in [0.1, 0.15) is 0 Å². The molecule has 0 bridgehead atoms. The van der Waals surface area contributed by atoms with Crippen LogP contribution in [0.4, 0.5) is 0 Å². The Hall–Kier alpha value is -1.44. The molecule has 0 atom stereocenters. The largest absolute Gasteiger partial charge is 0.346 e. The molecule has 0 radical (unpaired) electrons. The Morgan fingerprint density at radius 3 is 2.19 bits per heavy atom. The fraction of sp³-hybridized carbons (Fsp3) is 0.632. The first-order valence-electron chi connectivity index (χ1n) is 9.39. The summed E-state index contributed by atoms with van der Waals surface area (Å²) >= 11 is 0. The predicted octanol–water partition coefficient (Wildman–Crippen LogP) is 1.15. The van der Waals surface area contributed by atoms with Gasteiger partial charge in [0.25, 0.3) is 5.91 Å². The van der Waals surface area contributed by atoms with E-state index >= 15 is 0 Å². The highest BCUT2D eigenvalue weighted by Crippen LogP contribution is 2.16. The van der Waals surface area contributed by atoms with Gasteiger partial charge in [-0.05, 0) is 45.9 Å². The van der Waals surface area contributed by atoms with Crippen LogP contribution in [0.3, 0.4) is 0 Å². The van der Waals surface area contributed by atoms with Gasteiger partial charge in [-0.2, -0.15) is 4.31 Å². The molecule has 1 amide bonds. The molecule has 1 aromatic rings. The van der Waals surface area contributed by atoms with E-state index in [1.807, 2.05) is 0 Å². The summed E-state index contributed by atoms with van der Waals surface area (Å²) in [5, 5.41) is 2.91. The summed E-state index contributed by atoms with van der Waals surface area (Å²) in [5.41, 5.74) is 0.369. The molecule has 0 aliphatic rings. The lowest BCUT2D eigenvalue weighted by Crippen LogP contribution is -3.18. The van der Waals surface area contributed by atoms with Gasteiger partial charge in [-0.25, -0.2) is 8.42 Å². The number of nitrogens with one attached hydrogen (secondary N) is 2. The minimum Gasteiger partial charge on any atom is -0.346 e. The maximum atomic E-state index is 12.6. The predicted molar refractivity (Wildman–Crippen MR) is 105 cm³/mol. The van der Waals surface area contributed by atoms with E-state index in [1.165, 1.54) is 21.3 Å². The van der Waals surface area contributed by atoms with E-state index in [2.05, 4.69) is 33.0 Å². The molecule has 0 saturated heterocycles. The van der Waals surface area contributed by atoms with Crippen molar-refractivity contribution >= 4 is 15.9 Å². The first-order valence-corrected chi connectivity index (χ1v) is 10.8. The molecule has 0 saturated carbocycles. The van der Waals surface area contributed by atoms with Gasteiger partial charge in [-0.15, -0.1) is 0 Å². The molecule has 0 aliphatic heterocycles. The Labute approximate surface area is 158 Å². The molecular formula is C19H34N3O3S+. The minimum atomic E-state index is -3.56. The van der Waals surface area contributed by atoms with Crippen molar-refractivity contribution in [1.29, 1.82) is 0 Å². The first-order chi connectivity index (χ1) is 12.1. The number of hydrogen-bond acceptors (Lipinski definition) is 3. The van der Waals surface area contributed by atoms with Crippen LogP contribution in [0.2, 0.25) is 0 Å². The highest BCUT2D eigenvalue weighted by Gasteiger charge is 2.23. The van der Waals surface area contributed by atoms with Crippen LogP contribution in [0.1, 0.15) is 51.9 Å². The summed E-state index contributed by atoms with van der Waals surface area (Å²) in [6, 6.07) is 7.22. The van der Waals surface area contributed by atoms with Crippen molar-refractivity contribution in [3.63, 3.8) is 0 Å². The molecule has 0 heterocycles. The van der Waals surface area contributed by atoms with Crippen LogP contribution in [-0.2, 0) is 10.0 Å². The van der Waals surface area contributed by atoms with E-state index in [1.54, 1.807) is 26.0 Å². The van der Waals surface area contributed by atoms with Crippen molar-refractivity contribution in [1.82, 2.24) is 9.62 Å². The average molecular weight is 385 g/mol. The smallest absolute Gasteiger partial charge is 0.251 e. The lowest BCUT2D eigenvalue weighted by molar-refractivity contribution is -0.941. The summed E-state index contributed by atoms with van der Waals surface area (Å²) in [7, 11) is -3.56. The van der Waals surface area contributed by atoms with Gasteiger partial charge in [-0.1, -0.05) is 19.9 Å². The number of nitrogens with zero attached hydrogens (tertiary/aromatic N) is 1. The zero-order chi connectivity index (χ0) is 19.9. The molecule has 26 heavy (non-hydrogen) atoms. The molecular weight excluding hydrogens is 350 g/mol. The third-order valence-corrected chi connectivity index (χ3v) is 6.67. The summed E-state index contributed by atoms with van der Waals surface area (Å²) in [6.45, 7) is 14.5. The minimum absolute atomic E-state index is 0.158. The Morgan fingerprint density at radius 1 is 1.12 bits per heavy atom. The van der Waals surface area contributed by atoms with Crippen molar-refractivity contribution in [3.8, 4) is 0 Å². The van der Waals surface area contributed by atoms with Gasteiger partial charge in [0.05, 0.1) is 30.1 Å². The molecule has 7 heteroatoms. The van der Waals surface area contributed by atoms with E-state index in [4.69, 9.17) is 0 Å². The van der Waals surface area contributed by atoms with Crippen LogP contribution in [0.5, 0.6) is 0 Å². The molecule has 0 fully saturated rings. The highest BCUT2D eigenvalue weighted by atomic mass is 32.2. The molecule has 0 aromatic heterocycles. The van der Waals surface area contributed by atoms with E-state index in [0.29, 0.717) is 37.3 Å². The molecule has 0 aliphatic carbocycles. The second-order valence-corrected chi connectivity index (χ2v) is 8.95. The number of hydrogen-bond donors (Lipinski definition) is 2. The van der Waals surface area contributed by atoms with Gasteiger partial charge in [0, 0.05) is 18.7 Å². The zero-order valence-electron chi connectivity index (χ0n) is 16.9. The van der Waals surface area contributed by atoms with Crippen LogP contribution in [0, 0.1) is 0 Å². The van der Waals surface area contributed by atoms with Gasteiger partial charge >= 0.3 is 0 Å². The van der Waals surface area contributed by atoms with Crippen LogP contribution < -0.4 is 10.2 Å². The summed E-state index contributed by atoms with van der Waals surface area (Å²) in [6.07, 6.45) is 0. The first kappa shape index (κ1) is 22.6. The maximum Gasteiger partial charge on any atom is 0.251 e. The Morgan fingerprint density at radius 2 is 1.69 bits per heavy atom. The fourth-order valence-electron chi connectivity index (χ4n) is 3.18. The molecule has 148 valence electrons. The lowest BCUT2D eigenvalue weighted by atomic mass is 10.2. The van der Waals surface area contributed by atoms with E-state index in [9.17, 15) is 13.2 Å². The Balaban J connectivity index is 2.83. The monoisotopic (exact) mass is 384 g/mol. The van der Waals surface area contributed by atoms with Crippen molar-refractivity contribution < 1.29 is 18.1 Å². The number of quaternary nitrogens is 1. The van der Waals surface area contributed by atoms with Crippen LogP contribution >= 0.6 is 0 Å². The summed E-state index contributed by atoms with van der Waals surface area (Å²) in [5.74, 6) is -0.242. The fourth-order valence-corrected chi connectivity index (χ4v) is 4.68. The van der Waals surface area contributed by atoms with Crippen LogP contribution in [-0.4, -0.2) is 56.9 Å². The van der Waals surface area contributed by atoms with Crippen molar-refractivity contribution in [2.45, 2.75) is 58.5 Å². The Kier molecular flexibility index (Phi) is 8.73. The summed E-state index contributed by atoms with van der Waals surface area (Å²) < 4.78 is 26.6. The quantitative estimate of drug-likeness (QED) is 0.636. The second-order valence-electron chi connectivity index (χ2n) is 7.01. The topological polar surface area (TPSA) is 70.9 Å².